The standard InChI is InChI=1S/C7H5NO4.Tl/c9-7(10)5-3-1-2-4-6(5)8(11)12;/h1-4H,(H,9,10);. The van der Waals surface area contributed by atoms with E-state index in [1.165, 1.54) is 18.2 Å². The van der Waals surface area contributed by atoms with Crippen LogP contribution in [0, 0.1) is 10.1 Å². The average molecular weight is 372 g/mol. The molecule has 0 saturated carbocycles. The molecule has 0 amide bonds. The van der Waals surface area contributed by atoms with Crippen molar-refractivity contribution in [3.8, 4) is 0 Å². The van der Waals surface area contributed by atoms with Gasteiger partial charge in [0.05, 0.1) is 4.92 Å². The van der Waals surface area contributed by atoms with E-state index >= 15 is 0 Å². The van der Waals surface area contributed by atoms with E-state index in [9.17, 15) is 14.9 Å². The van der Waals surface area contributed by atoms with Crippen LogP contribution in [0.5, 0.6) is 0 Å². The van der Waals surface area contributed by atoms with Crippen molar-refractivity contribution in [1.29, 1.82) is 0 Å². The number of hydrogen-bond donors (Lipinski definition) is 1. The summed E-state index contributed by atoms with van der Waals surface area (Å²) >= 11 is 0. The van der Waals surface area contributed by atoms with E-state index in [0.717, 1.165) is 6.07 Å². The van der Waals surface area contributed by atoms with Gasteiger partial charge in [-0.05, 0) is 6.07 Å². The molecule has 6 heteroatoms. The summed E-state index contributed by atoms with van der Waals surface area (Å²) in [6.45, 7) is 0. The Bertz CT molecular complexity index is 306. The second-order valence-electron chi connectivity index (χ2n) is 2.08. The topological polar surface area (TPSA) is 80.4 Å². The van der Waals surface area contributed by atoms with Crippen LogP contribution in [-0.2, 0) is 0 Å². The number of carboxylic acid groups (broad SMARTS) is 1. The number of aromatic carboxylic acids is 1. The smallest absolute Gasteiger partial charge is 0.342 e. The quantitative estimate of drug-likeness (QED) is 0.476. The van der Waals surface area contributed by atoms with Crippen molar-refractivity contribution in [3.63, 3.8) is 0 Å². The zero-order valence-electron chi connectivity index (χ0n) is 6.51. The number of nitro groups is 1. The Morgan fingerprint density at radius 2 is 1.92 bits per heavy atom. The van der Waals surface area contributed by atoms with Crippen LogP contribution < -0.4 is 0 Å². The van der Waals surface area contributed by atoms with E-state index < -0.39 is 10.9 Å². The zero-order valence-corrected chi connectivity index (χ0v) is 11.0. The van der Waals surface area contributed by atoms with Crippen LogP contribution in [0.15, 0.2) is 24.3 Å². The Labute approximate surface area is 93.7 Å². The molecule has 0 unspecified atom stereocenters. The van der Waals surface area contributed by atoms with Gasteiger partial charge in [0.2, 0.25) is 0 Å². The number of carboxylic acids is 1. The van der Waals surface area contributed by atoms with E-state index in [2.05, 4.69) is 0 Å². The number of rotatable bonds is 2. The monoisotopic (exact) mass is 372 g/mol. The van der Waals surface area contributed by atoms with Gasteiger partial charge in [0.1, 0.15) is 5.56 Å². The molecule has 0 atom stereocenters. The summed E-state index contributed by atoms with van der Waals surface area (Å²) in [6.07, 6.45) is 0. The Kier molecular flexibility index (Phi) is 4.53. The first-order valence-corrected chi connectivity index (χ1v) is 3.09. The van der Waals surface area contributed by atoms with Crippen LogP contribution in [0.25, 0.3) is 0 Å². The minimum atomic E-state index is -1.29. The van der Waals surface area contributed by atoms with Crippen molar-refractivity contribution in [1.82, 2.24) is 0 Å². The predicted molar refractivity (Wildman–Crippen MR) is 45.8 cm³/mol. The fourth-order valence-electron chi connectivity index (χ4n) is 0.814. The largest absolute Gasteiger partial charge is 0.477 e. The molecule has 0 aliphatic carbocycles. The summed E-state index contributed by atoms with van der Waals surface area (Å²) in [5, 5.41) is 18.8. The first-order chi connectivity index (χ1) is 5.63. The fourth-order valence-corrected chi connectivity index (χ4v) is 0.814. The van der Waals surface area contributed by atoms with Crippen LogP contribution >= 0.6 is 0 Å². The van der Waals surface area contributed by atoms with E-state index in [1.807, 2.05) is 0 Å². The third-order valence-corrected chi connectivity index (χ3v) is 1.33. The Morgan fingerprint density at radius 1 is 1.38 bits per heavy atom. The molecule has 0 aliphatic heterocycles. The molecule has 1 radical (unpaired) electrons. The minimum Gasteiger partial charge on any atom is -0.477 e. The van der Waals surface area contributed by atoms with E-state index in [1.54, 1.807) is 0 Å². The van der Waals surface area contributed by atoms with Crippen molar-refractivity contribution >= 4 is 39.0 Å². The maximum atomic E-state index is 10.4. The van der Waals surface area contributed by atoms with Crippen molar-refractivity contribution in [3.05, 3.63) is 39.9 Å². The molecule has 13 heavy (non-hydrogen) atoms. The van der Waals surface area contributed by atoms with Crippen molar-refractivity contribution < 1.29 is 14.8 Å². The molecule has 0 spiro atoms. The summed E-state index contributed by atoms with van der Waals surface area (Å²) < 4.78 is 0. The maximum Gasteiger partial charge on any atom is 0.342 e. The maximum absolute atomic E-state index is 10.4. The molecule has 0 bridgehead atoms. The van der Waals surface area contributed by atoms with Gasteiger partial charge in [0, 0.05) is 33.4 Å². The number of hydrogen-bond acceptors (Lipinski definition) is 3. The van der Waals surface area contributed by atoms with Gasteiger partial charge in [-0.25, -0.2) is 4.79 Å². The Balaban J connectivity index is 0.00000144. The molecule has 1 aromatic rings. The third-order valence-electron chi connectivity index (χ3n) is 1.33. The van der Waals surface area contributed by atoms with E-state index in [-0.39, 0.29) is 38.5 Å². The van der Waals surface area contributed by atoms with Gasteiger partial charge in [-0.3, -0.25) is 10.1 Å². The summed E-state index contributed by atoms with van der Waals surface area (Å²) in [5.74, 6) is -1.29. The molecule has 0 saturated heterocycles. The van der Waals surface area contributed by atoms with Gasteiger partial charge in [0.15, 0.2) is 0 Å². The molecular weight excluding hydrogens is 366 g/mol. The summed E-state index contributed by atoms with van der Waals surface area (Å²) in [5.41, 5.74) is -0.674. The number of carbonyl (C=O) groups is 1. The normalized spacial score (nSPS) is 8.62. The number of nitro benzene ring substituents is 1. The minimum absolute atomic E-state index is 0. The summed E-state index contributed by atoms with van der Waals surface area (Å²) in [4.78, 5) is 20.0. The molecule has 1 aromatic carbocycles. The van der Waals surface area contributed by atoms with Crippen molar-refractivity contribution in [2.45, 2.75) is 0 Å². The van der Waals surface area contributed by atoms with Gasteiger partial charge in [-0.1, -0.05) is 12.1 Å². The molecule has 1 N–H and O–H groups in total. The van der Waals surface area contributed by atoms with E-state index in [0.29, 0.717) is 0 Å². The third kappa shape index (κ3) is 2.76. The zero-order chi connectivity index (χ0) is 9.14. The van der Waals surface area contributed by atoms with Gasteiger partial charge in [-0.15, -0.1) is 0 Å². The van der Waals surface area contributed by atoms with Crippen LogP contribution in [0.1, 0.15) is 10.4 Å². The Morgan fingerprint density at radius 3 is 2.31 bits per heavy atom. The van der Waals surface area contributed by atoms with Crippen molar-refractivity contribution in [2.24, 2.45) is 0 Å². The number of para-hydroxylation sites is 1. The number of benzene rings is 1. The van der Waals surface area contributed by atoms with Crippen molar-refractivity contribution in [2.75, 3.05) is 0 Å². The molecular formula is C7H5NO4Tl. The average Bonchev–Trinajstić information content (AvgIpc) is 2.04. The first-order valence-electron chi connectivity index (χ1n) is 3.09. The van der Waals surface area contributed by atoms with E-state index in [4.69, 9.17) is 5.11 Å². The van der Waals surface area contributed by atoms with Crippen LogP contribution in [0.4, 0.5) is 5.69 Å². The van der Waals surface area contributed by atoms with Gasteiger partial charge in [-0.2, -0.15) is 0 Å². The Hall–Kier alpha value is -0.988. The SMILES string of the molecule is O=C(O)c1ccccc1[N+](=O)[O-].[Tl]. The number of nitrogens with zero attached hydrogens (tertiary/aromatic N) is 1. The van der Waals surface area contributed by atoms with Gasteiger partial charge >= 0.3 is 5.97 Å². The molecule has 5 nitrogen and oxygen atoms in total. The molecule has 0 aliphatic rings. The molecule has 1 rings (SSSR count). The predicted octanol–water partition coefficient (Wildman–Crippen LogP) is 0.912. The van der Waals surface area contributed by atoms with Gasteiger partial charge < -0.3 is 5.11 Å². The van der Waals surface area contributed by atoms with Crippen LogP contribution in [0.3, 0.4) is 0 Å². The van der Waals surface area contributed by atoms with Crippen LogP contribution in [0.2, 0.25) is 0 Å². The second-order valence-corrected chi connectivity index (χ2v) is 2.08. The molecule has 0 heterocycles. The van der Waals surface area contributed by atoms with Crippen LogP contribution in [-0.4, -0.2) is 43.3 Å². The second kappa shape index (κ2) is 4.90. The van der Waals surface area contributed by atoms with Gasteiger partial charge in [0.25, 0.3) is 5.69 Å². The first kappa shape index (κ1) is 12.0. The molecule has 0 aromatic heterocycles. The summed E-state index contributed by atoms with van der Waals surface area (Å²) in [7, 11) is 0. The molecule has 0 fully saturated rings. The summed E-state index contributed by atoms with van der Waals surface area (Å²) in [6, 6.07) is 5.21. The molecule has 65 valence electrons. The fraction of sp³-hybridized carbons (Fsp3) is 0.